The van der Waals surface area contributed by atoms with Gasteiger partial charge in [-0.05, 0) is 25.0 Å². The lowest BCUT2D eigenvalue weighted by Gasteiger charge is -2.29. The van der Waals surface area contributed by atoms with Crippen LogP contribution in [-0.4, -0.2) is 35.5 Å². The molecule has 0 fully saturated rings. The Morgan fingerprint density at radius 2 is 1.88 bits per heavy atom. The fourth-order valence-corrected chi connectivity index (χ4v) is 2.67. The summed E-state index contributed by atoms with van der Waals surface area (Å²) in [5.41, 5.74) is -0.307. The van der Waals surface area contributed by atoms with E-state index in [0.29, 0.717) is 17.5 Å². The minimum atomic E-state index is -1.23. The van der Waals surface area contributed by atoms with Crippen molar-refractivity contribution >= 4 is 17.8 Å². The second-order valence-electron chi connectivity index (χ2n) is 6.03. The van der Waals surface area contributed by atoms with Gasteiger partial charge in [-0.15, -0.1) is 0 Å². The highest BCUT2D eigenvalue weighted by Gasteiger charge is 2.39. The summed E-state index contributed by atoms with van der Waals surface area (Å²) in [5, 5.41) is 15.0. The van der Waals surface area contributed by atoms with Gasteiger partial charge >= 0.3 is 5.97 Å². The van der Waals surface area contributed by atoms with E-state index in [1.54, 1.807) is 37.3 Å². The van der Waals surface area contributed by atoms with E-state index < -0.39 is 29.2 Å². The van der Waals surface area contributed by atoms with Gasteiger partial charge in [0, 0.05) is 6.54 Å². The van der Waals surface area contributed by atoms with Gasteiger partial charge in [-0.1, -0.05) is 37.3 Å². The maximum atomic E-state index is 12.3. The van der Waals surface area contributed by atoms with Crippen molar-refractivity contribution in [2.75, 3.05) is 6.54 Å². The molecule has 138 valence electrons. The first-order valence-electron chi connectivity index (χ1n) is 8.30. The SMILES string of the molecule is CCC(CNC(=O)C(C)NC(=O)c1ccoc1)(C(=O)O)c1ccccc1. The first kappa shape index (κ1) is 19.2. The molecular weight excluding hydrogens is 336 g/mol. The van der Waals surface area contributed by atoms with Crippen molar-refractivity contribution in [3.8, 4) is 0 Å². The number of aliphatic carboxylic acids is 1. The molecule has 0 saturated carbocycles. The molecule has 1 aromatic carbocycles. The third-order valence-corrected chi connectivity index (χ3v) is 4.43. The second kappa shape index (κ2) is 8.33. The van der Waals surface area contributed by atoms with Gasteiger partial charge in [0.2, 0.25) is 5.91 Å². The molecule has 0 radical (unpaired) electrons. The molecule has 0 bridgehead atoms. The van der Waals surface area contributed by atoms with Gasteiger partial charge in [-0.25, -0.2) is 0 Å². The number of nitrogens with one attached hydrogen (secondary N) is 2. The number of furan rings is 1. The smallest absolute Gasteiger partial charge is 0.315 e. The van der Waals surface area contributed by atoms with Crippen LogP contribution in [0.4, 0.5) is 0 Å². The fraction of sp³-hybridized carbons (Fsp3) is 0.316. The number of hydrogen-bond donors (Lipinski definition) is 3. The molecule has 7 heteroatoms. The van der Waals surface area contributed by atoms with Crippen LogP contribution in [0.3, 0.4) is 0 Å². The Balaban J connectivity index is 2.05. The van der Waals surface area contributed by atoms with Crippen molar-refractivity contribution < 1.29 is 23.9 Å². The zero-order valence-electron chi connectivity index (χ0n) is 14.7. The Hall–Kier alpha value is -3.09. The normalized spacial score (nSPS) is 14.1. The molecule has 2 unspecified atom stereocenters. The molecule has 0 aliphatic rings. The Morgan fingerprint density at radius 1 is 1.19 bits per heavy atom. The maximum absolute atomic E-state index is 12.3. The van der Waals surface area contributed by atoms with Crippen molar-refractivity contribution in [3.63, 3.8) is 0 Å². The molecule has 0 aliphatic carbocycles. The van der Waals surface area contributed by atoms with E-state index in [1.807, 2.05) is 0 Å². The van der Waals surface area contributed by atoms with E-state index in [4.69, 9.17) is 4.42 Å². The summed E-state index contributed by atoms with van der Waals surface area (Å²) in [6.45, 7) is 3.22. The van der Waals surface area contributed by atoms with Gasteiger partial charge in [-0.2, -0.15) is 0 Å². The fourth-order valence-electron chi connectivity index (χ4n) is 2.67. The molecule has 1 aromatic heterocycles. The van der Waals surface area contributed by atoms with Crippen LogP contribution < -0.4 is 10.6 Å². The molecule has 26 heavy (non-hydrogen) atoms. The van der Waals surface area contributed by atoms with Crippen LogP contribution in [0.2, 0.25) is 0 Å². The first-order chi connectivity index (χ1) is 12.4. The van der Waals surface area contributed by atoms with Crippen molar-refractivity contribution in [2.45, 2.75) is 31.7 Å². The van der Waals surface area contributed by atoms with E-state index in [2.05, 4.69) is 10.6 Å². The summed E-state index contributed by atoms with van der Waals surface area (Å²) in [6.07, 6.45) is 2.95. The van der Waals surface area contributed by atoms with Gasteiger partial charge in [0.25, 0.3) is 5.91 Å². The molecule has 0 saturated heterocycles. The summed E-state index contributed by atoms with van der Waals surface area (Å²) in [4.78, 5) is 36.2. The molecule has 2 amide bonds. The van der Waals surface area contributed by atoms with Crippen molar-refractivity contribution in [2.24, 2.45) is 0 Å². The lowest BCUT2D eigenvalue weighted by atomic mass is 9.78. The number of carboxylic acid groups (broad SMARTS) is 1. The number of carbonyl (C=O) groups is 3. The molecule has 2 atom stereocenters. The zero-order valence-corrected chi connectivity index (χ0v) is 14.7. The maximum Gasteiger partial charge on any atom is 0.315 e. The highest BCUT2D eigenvalue weighted by molar-refractivity contribution is 5.97. The summed E-state index contributed by atoms with van der Waals surface area (Å²) in [6, 6.07) is 9.45. The van der Waals surface area contributed by atoms with Crippen LogP contribution in [0.15, 0.2) is 53.3 Å². The van der Waals surface area contributed by atoms with E-state index in [9.17, 15) is 19.5 Å². The average molecular weight is 358 g/mol. The number of rotatable bonds is 8. The minimum absolute atomic E-state index is 0.0758. The lowest BCUT2D eigenvalue weighted by Crippen LogP contribution is -2.51. The Labute approximate surface area is 151 Å². The molecule has 3 N–H and O–H groups in total. The molecular formula is C19H22N2O5. The standard InChI is InChI=1S/C19H22N2O5/c1-3-19(18(24)25,15-7-5-4-6-8-15)12-20-16(22)13(2)21-17(23)14-9-10-26-11-14/h4-11,13H,3,12H2,1-2H3,(H,20,22)(H,21,23)(H,24,25). The quantitative estimate of drug-likeness (QED) is 0.668. The molecule has 2 aromatic rings. The Bertz CT molecular complexity index is 758. The van der Waals surface area contributed by atoms with Crippen molar-refractivity contribution in [3.05, 3.63) is 60.1 Å². The highest BCUT2D eigenvalue weighted by Crippen LogP contribution is 2.27. The van der Waals surface area contributed by atoms with E-state index in [-0.39, 0.29) is 6.54 Å². The number of carboxylic acids is 1. The van der Waals surface area contributed by atoms with Crippen LogP contribution in [0, 0.1) is 0 Å². The number of amides is 2. The van der Waals surface area contributed by atoms with Crippen molar-refractivity contribution in [1.29, 1.82) is 0 Å². The lowest BCUT2D eigenvalue weighted by molar-refractivity contribution is -0.144. The average Bonchev–Trinajstić information content (AvgIpc) is 3.18. The van der Waals surface area contributed by atoms with E-state index in [0.717, 1.165) is 0 Å². The number of hydrogen-bond acceptors (Lipinski definition) is 4. The van der Waals surface area contributed by atoms with Gasteiger partial charge in [-0.3, -0.25) is 14.4 Å². The van der Waals surface area contributed by atoms with Crippen LogP contribution in [0.5, 0.6) is 0 Å². The Kier molecular flexibility index (Phi) is 6.16. The highest BCUT2D eigenvalue weighted by atomic mass is 16.4. The van der Waals surface area contributed by atoms with E-state index in [1.165, 1.54) is 25.5 Å². The zero-order chi connectivity index (χ0) is 19.2. The van der Waals surface area contributed by atoms with Crippen LogP contribution >= 0.6 is 0 Å². The van der Waals surface area contributed by atoms with Crippen LogP contribution in [-0.2, 0) is 15.0 Å². The van der Waals surface area contributed by atoms with E-state index >= 15 is 0 Å². The molecule has 0 spiro atoms. The predicted molar refractivity (Wildman–Crippen MR) is 94.7 cm³/mol. The molecule has 7 nitrogen and oxygen atoms in total. The molecule has 1 heterocycles. The molecule has 0 aliphatic heterocycles. The minimum Gasteiger partial charge on any atom is -0.481 e. The third-order valence-electron chi connectivity index (χ3n) is 4.43. The monoisotopic (exact) mass is 358 g/mol. The largest absolute Gasteiger partial charge is 0.481 e. The van der Waals surface area contributed by atoms with Crippen molar-refractivity contribution in [1.82, 2.24) is 10.6 Å². The van der Waals surface area contributed by atoms with Crippen LogP contribution in [0.1, 0.15) is 36.2 Å². The first-order valence-corrected chi connectivity index (χ1v) is 8.30. The summed E-state index contributed by atoms with van der Waals surface area (Å²) in [5.74, 6) is -1.91. The van der Waals surface area contributed by atoms with Gasteiger partial charge in [0.15, 0.2) is 0 Å². The second-order valence-corrected chi connectivity index (χ2v) is 6.03. The topological polar surface area (TPSA) is 109 Å². The summed E-state index contributed by atoms with van der Waals surface area (Å²) < 4.78 is 4.83. The van der Waals surface area contributed by atoms with Gasteiger partial charge in [0.05, 0.1) is 11.8 Å². The summed E-state index contributed by atoms with van der Waals surface area (Å²) >= 11 is 0. The van der Waals surface area contributed by atoms with Crippen LogP contribution in [0.25, 0.3) is 0 Å². The third kappa shape index (κ3) is 4.11. The Morgan fingerprint density at radius 3 is 2.42 bits per heavy atom. The molecule has 2 rings (SSSR count). The number of carbonyl (C=O) groups excluding carboxylic acids is 2. The number of benzene rings is 1. The summed E-state index contributed by atoms with van der Waals surface area (Å²) in [7, 11) is 0. The predicted octanol–water partition coefficient (Wildman–Crippen LogP) is 1.95. The van der Waals surface area contributed by atoms with Gasteiger partial charge < -0.3 is 20.2 Å². The van der Waals surface area contributed by atoms with Gasteiger partial charge in [0.1, 0.15) is 17.7 Å².